The van der Waals surface area contributed by atoms with Crippen molar-refractivity contribution in [3.8, 4) is 17.2 Å². The minimum absolute atomic E-state index is 0.0647. The van der Waals surface area contributed by atoms with E-state index in [1.165, 1.54) is 4.90 Å². The molecular weight excluding hydrogens is 542 g/mol. The van der Waals surface area contributed by atoms with Crippen molar-refractivity contribution in [1.29, 1.82) is 0 Å². The minimum atomic E-state index is -1.13. The summed E-state index contributed by atoms with van der Waals surface area (Å²) in [5.74, 6) is -0.00512. The van der Waals surface area contributed by atoms with Crippen LogP contribution >= 0.6 is 0 Å². The Morgan fingerprint density at radius 1 is 0.860 bits per heavy atom. The molecular formula is C36H31NO6. The number of aliphatic carboxylic acids is 1. The molecule has 7 heteroatoms. The molecule has 0 unspecified atom stereocenters. The zero-order valence-electron chi connectivity index (χ0n) is 23.7. The second-order valence-electron chi connectivity index (χ2n) is 10.5. The second kappa shape index (κ2) is 12.3. The number of hydrogen-bond acceptors (Lipinski definition) is 5. The number of hydrogen-bond donors (Lipinski definition) is 1. The van der Waals surface area contributed by atoms with Gasteiger partial charge in [0.1, 0.15) is 18.4 Å². The molecule has 1 heterocycles. The number of carboxylic acids is 1. The molecule has 0 saturated carbocycles. The van der Waals surface area contributed by atoms with Gasteiger partial charge in [0.2, 0.25) is 6.10 Å². The van der Waals surface area contributed by atoms with Crippen LogP contribution in [0, 0.1) is 0 Å². The van der Waals surface area contributed by atoms with Gasteiger partial charge in [-0.3, -0.25) is 4.79 Å². The van der Waals surface area contributed by atoms with Crippen LogP contribution < -0.4 is 14.2 Å². The number of amides is 1. The fraction of sp³-hybridized carbons (Fsp3) is 0.167. The molecule has 5 aromatic rings. The minimum Gasteiger partial charge on any atom is -0.493 e. The summed E-state index contributed by atoms with van der Waals surface area (Å²) in [5, 5.41) is 12.4. The van der Waals surface area contributed by atoms with Gasteiger partial charge in [0, 0.05) is 24.1 Å². The van der Waals surface area contributed by atoms with Crippen molar-refractivity contribution in [3.05, 3.63) is 138 Å². The molecule has 0 spiro atoms. The molecule has 1 aliphatic rings. The summed E-state index contributed by atoms with van der Waals surface area (Å²) >= 11 is 0. The first-order chi connectivity index (χ1) is 21.0. The maximum Gasteiger partial charge on any atom is 0.326 e. The fourth-order valence-corrected chi connectivity index (χ4v) is 5.53. The molecule has 6 rings (SSSR count). The quantitative estimate of drug-likeness (QED) is 0.214. The van der Waals surface area contributed by atoms with Crippen molar-refractivity contribution in [3.63, 3.8) is 0 Å². The highest BCUT2D eigenvalue weighted by atomic mass is 16.5. The van der Waals surface area contributed by atoms with Crippen molar-refractivity contribution in [1.82, 2.24) is 4.90 Å². The zero-order valence-corrected chi connectivity index (χ0v) is 23.7. The van der Waals surface area contributed by atoms with E-state index in [2.05, 4.69) is 0 Å². The highest BCUT2D eigenvalue weighted by molar-refractivity contribution is 5.89. The summed E-state index contributed by atoms with van der Waals surface area (Å²) in [5.41, 5.74) is 3.13. The van der Waals surface area contributed by atoms with Gasteiger partial charge in [-0.1, -0.05) is 97.1 Å². The van der Waals surface area contributed by atoms with Crippen LogP contribution in [0.3, 0.4) is 0 Å². The van der Waals surface area contributed by atoms with Gasteiger partial charge in [-0.25, -0.2) is 4.79 Å². The molecule has 43 heavy (non-hydrogen) atoms. The summed E-state index contributed by atoms with van der Waals surface area (Å²) in [4.78, 5) is 28.4. The van der Waals surface area contributed by atoms with E-state index in [-0.39, 0.29) is 13.0 Å². The first-order valence-electron chi connectivity index (χ1n) is 14.1. The molecule has 0 aromatic heterocycles. The van der Waals surface area contributed by atoms with E-state index < -0.39 is 24.0 Å². The van der Waals surface area contributed by atoms with Gasteiger partial charge < -0.3 is 24.2 Å². The summed E-state index contributed by atoms with van der Waals surface area (Å²) in [6, 6.07) is 35.0. The lowest BCUT2D eigenvalue weighted by Gasteiger charge is -2.37. The summed E-state index contributed by atoms with van der Waals surface area (Å²) in [6.07, 6.45) is -0.979. The van der Waals surface area contributed by atoms with Crippen LogP contribution in [-0.2, 0) is 29.2 Å². The van der Waals surface area contributed by atoms with Gasteiger partial charge in [0.25, 0.3) is 5.91 Å². The number of carbonyl (C=O) groups is 2. The third kappa shape index (κ3) is 5.88. The summed E-state index contributed by atoms with van der Waals surface area (Å²) in [7, 11) is 1.55. The molecule has 1 N–H and O–H groups in total. The predicted molar refractivity (Wildman–Crippen MR) is 163 cm³/mol. The van der Waals surface area contributed by atoms with Crippen molar-refractivity contribution >= 4 is 22.6 Å². The third-order valence-corrected chi connectivity index (χ3v) is 7.75. The first-order valence-corrected chi connectivity index (χ1v) is 14.1. The predicted octanol–water partition coefficient (Wildman–Crippen LogP) is 6.59. The van der Waals surface area contributed by atoms with Gasteiger partial charge in [-0.2, -0.15) is 0 Å². The summed E-state index contributed by atoms with van der Waals surface area (Å²) < 4.78 is 18.2. The van der Waals surface area contributed by atoms with E-state index in [9.17, 15) is 14.7 Å². The lowest BCUT2D eigenvalue weighted by Crippen LogP contribution is -2.51. The van der Waals surface area contributed by atoms with E-state index in [0.29, 0.717) is 29.4 Å². The number of carboxylic acid groups (broad SMARTS) is 1. The zero-order chi connectivity index (χ0) is 29.8. The second-order valence-corrected chi connectivity index (χ2v) is 10.5. The molecule has 216 valence electrons. The topological polar surface area (TPSA) is 85.3 Å². The Morgan fingerprint density at radius 2 is 1.56 bits per heavy atom. The van der Waals surface area contributed by atoms with Crippen LogP contribution in [0.5, 0.6) is 17.2 Å². The Kier molecular flexibility index (Phi) is 7.96. The Morgan fingerprint density at radius 3 is 2.28 bits per heavy atom. The van der Waals surface area contributed by atoms with Crippen LogP contribution in [0.1, 0.15) is 28.4 Å². The molecule has 2 atom stereocenters. The maximum absolute atomic E-state index is 14.3. The molecule has 0 bridgehead atoms. The summed E-state index contributed by atoms with van der Waals surface area (Å²) in [6.45, 7) is 0.380. The van der Waals surface area contributed by atoms with Gasteiger partial charge in [0.05, 0.1) is 7.11 Å². The highest BCUT2D eigenvalue weighted by Crippen LogP contribution is 2.40. The van der Waals surface area contributed by atoms with E-state index in [1.54, 1.807) is 13.2 Å². The van der Waals surface area contributed by atoms with Crippen molar-refractivity contribution in [2.75, 3.05) is 7.11 Å². The maximum atomic E-state index is 14.3. The number of nitrogens with zero attached hydrogens (tertiary/aromatic N) is 1. The first kappa shape index (κ1) is 27.8. The van der Waals surface area contributed by atoms with E-state index in [1.807, 2.05) is 109 Å². The smallest absolute Gasteiger partial charge is 0.326 e. The highest BCUT2D eigenvalue weighted by Gasteiger charge is 2.40. The average Bonchev–Trinajstić information content (AvgIpc) is 3.05. The largest absolute Gasteiger partial charge is 0.493 e. The third-order valence-electron chi connectivity index (χ3n) is 7.75. The SMILES string of the molecule is COc1ccc2c(c1OCc1ccccc1)C[C@H](C(=O)O)N(C(=O)[C@@H](Oc1ccc3ccccc3c1)c1ccccc1)C2. The molecule has 7 nitrogen and oxygen atoms in total. The number of benzene rings is 5. The van der Waals surface area contributed by atoms with Crippen molar-refractivity contribution in [2.24, 2.45) is 0 Å². The van der Waals surface area contributed by atoms with Crippen LogP contribution in [0.25, 0.3) is 10.8 Å². The number of carbonyl (C=O) groups excluding carboxylic acids is 1. The van der Waals surface area contributed by atoms with Crippen molar-refractivity contribution in [2.45, 2.75) is 31.7 Å². The van der Waals surface area contributed by atoms with Gasteiger partial charge in [-0.15, -0.1) is 0 Å². The lowest BCUT2D eigenvalue weighted by atomic mass is 9.91. The Labute approximate surface area is 249 Å². The normalized spacial score (nSPS) is 14.9. The van der Waals surface area contributed by atoms with Gasteiger partial charge in [0.15, 0.2) is 11.5 Å². The molecule has 5 aromatic carbocycles. The molecule has 1 aliphatic heterocycles. The van der Waals surface area contributed by atoms with E-state index >= 15 is 0 Å². The van der Waals surface area contributed by atoms with E-state index in [0.717, 1.165) is 27.5 Å². The van der Waals surface area contributed by atoms with E-state index in [4.69, 9.17) is 14.2 Å². The number of fused-ring (bicyclic) bond motifs is 2. The molecule has 0 saturated heterocycles. The van der Waals surface area contributed by atoms with Crippen LogP contribution in [-0.4, -0.2) is 35.0 Å². The monoisotopic (exact) mass is 573 g/mol. The molecule has 0 fully saturated rings. The number of methoxy groups -OCH3 is 1. The lowest BCUT2D eigenvalue weighted by molar-refractivity contribution is -0.155. The number of rotatable bonds is 9. The fourth-order valence-electron chi connectivity index (χ4n) is 5.53. The molecule has 1 amide bonds. The Bertz CT molecular complexity index is 1750. The van der Waals surface area contributed by atoms with Crippen LogP contribution in [0.2, 0.25) is 0 Å². The van der Waals surface area contributed by atoms with Gasteiger partial charge >= 0.3 is 5.97 Å². The standard InChI is InChI=1S/C36H31NO6/c1-41-32-19-17-28-22-37(31(36(39)40)21-30(28)34(32)42-23-24-10-4-2-5-11-24)35(38)33(26-13-6-3-7-14-26)43-29-18-16-25-12-8-9-15-27(25)20-29/h2-20,31,33H,21-23H2,1H3,(H,39,40)/t31-,33+/m1/s1. The molecule has 0 aliphatic carbocycles. The van der Waals surface area contributed by atoms with Crippen LogP contribution in [0.15, 0.2) is 115 Å². The average molecular weight is 574 g/mol. The number of ether oxygens (including phenoxy) is 3. The van der Waals surface area contributed by atoms with Gasteiger partial charge in [-0.05, 0) is 40.1 Å². The van der Waals surface area contributed by atoms with Crippen LogP contribution in [0.4, 0.5) is 0 Å². The Hall–Kier alpha value is -5.30. The Balaban J connectivity index is 1.34. The molecule has 0 radical (unpaired) electrons. The van der Waals surface area contributed by atoms with Crippen molar-refractivity contribution < 1.29 is 28.9 Å².